The van der Waals surface area contributed by atoms with E-state index in [1.54, 1.807) is 0 Å². The molecule has 0 aromatic rings. The van der Waals surface area contributed by atoms with E-state index in [1.807, 2.05) is 0 Å². The Labute approximate surface area is 112 Å². The normalized spacial score (nSPS) is 22.4. The topological polar surface area (TPSA) is 20.3 Å². The van der Waals surface area contributed by atoms with Gasteiger partial charge in [-0.25, -0.2) is 0 Å². The van der Waals surface area contributed by atoms with Gasteiger partial charge in [-0.05, 0) is 31.6 Å². The van der Waals surface area contributed by atoms with Gasteiger partial charge >= 0.3 is 0 Å². The summed E-state index contributed by atoms with van der Waals surface area (Å²) in [5.74, 6) is 1.59. The molecule has 0 aromatic heterocycles. The summed E-state index contributed by atoms with van der Waals surface area (Å²) in [6.07, 6.45) is 10.2. The fourth-order valence-corrected chi connectivity index (χ4v) is 3.66. The average molecular weight is 251 g/mol. The van der Waals surface area contributed by atoms with Crippen molar-refractivity contribution in [2.24, 2.45) is 11.8 Å². The van der Waals surface area contributed by atoms with E-state index >= 15 is 0 Å². The van der Waals surface area contributed by atoms with E-state index in [1.165, 1.54) is 38.5 Å². The van der Waals surface area contributed by atoms with Crippen LogP contribution in [0.2, 0.25) is 0 Å². The Morgan fingerprint density at radius 1 is 1.06 bits per heavy atom. The summed E-state index contributed by atoms with van der Waals surface area (Å²) in [4.78, 5) is 14.9. The second-order valence-corrected chi connectivity index (χ2v) is 6.71. The van der Waals surface area contributed by atoms with Crippen molar-refractivity contribution in [1.82, 2.24) is 4.90 Å². The summed E-state index contributed by atoms with van der Waals surface area (Å²) in [6, 6.07) is 0.692. The highest BCUT2D eigenvalue weighted by Gasteiger charge is 2.28. The molecule has 0 spiro atoms. The molecule has 18 heavy (non-hydrogen) atoms. The maximum absolute atomic E-state index is 12.4. The third-order valence-corrected chi connectivity index (χ3v) is 4.61. The fraction of sp³-hybridized carbons (Fsp3) is 0.938. The van der Waals surface area contributed by atoms with Crippen LogP contribution in [0.5, 0.6) is 0 Å². The zero-order chi connectivity index (χ0) is 13.0. The van der Waals surface area contributed by atoms with Crippen LogP contribution in [0.15, 0.2) is 0 Å². The first-order valence-electron chi connectivity index (χ1n) is 7.93. The van der Waals surface area contributed by atoms with Crippen LogP contribution in [0.1, 0.15) is 65.2 Å². The van der Waals surface area contributed by atoms with Gasteiger partial charge < -0.3 is 0 Å². The van der Waals surface area contributed by atoms with Gasteiger partial charge in [0, 0.05) is 18.5 Å². The Kier molecular flexibility index (Phi) is 5.23. The lowest BCUT2D eigenvalue weighted by atomic mass is 10.0. The molecule has 2 aliphatic carbocycles. The van der Waals surface area contributed by atoms with Crippen molar-refractivity contribution in [3.8, 4) is 0 Å². The Bertz CT molecular complexity index is 262. The largest absolute Gasteiger partial charge is 0.298 e. The van der Waals surface area contributed by atoms with E-state index < -0.39 is 0 Å². The minimum absolute atomic E-state index is 0.390. The zero-order valence-corrected chi connectivity index (χ0v) is 12.2. The predicted octanol–water partition coefficient (Wildman–Crippen LogP) is 3.65. The van der Waals surface area contributed by atoms with Crippen LogP contribution in [0, 0.1) is 11.8 Å². The highest BCUT2D eigenvalue weighted by molar-refractivity contribution is 5.83. The number of rotatable bonds is 6. The highest BCUT2D eigenvalue weighted by atomic mass is 16.1. The number of hydrogen-bond acceptors (Lipinski definition) is 2. The Hall–Kier alpha value is -0.370. The third kappa shape index (κ3) is 3.81. The maximum atomic E-state index is 12.4. The monoisotopic (exact) mass is 251 g/mol. The van der Waals surface area contributed by atoms with E-state index in [9.17, 15) is 4.79 Å². The molecule has 2 aliphatic rings. The predicted molar refractivity (Wildman–Crippen MR) is 75.6 cm³/mol. The number of carbonyl (C=O) groups is 1. The van der Waals surface area contributed by atoms with E-state index in [-0.39, 0.29) is 0 Å². The van der Waals surface area contributed by atoms with Gasteiger partial charge in [0.05, 0.1) is 6.54 Å². The maximum Gasteiger partial charge on any atom is 0.149 e. The van der Waals surface area contributed by atoms with Crippen molar-refractivity contribution >= 4 is 5.78 Å². The second-order valence-electron chi connectivity index (χ2n) is 6.71. The van der Waals surface area contributed by atoms with Crippen molar-refractivity contribution in [2.45, 2.75) is 71.3 Å². The van der Waals surface area contributed by atoms with Crippen molar-refractivity contribution in [3.63, 3.8) is 0 Å². The van der Waals surface area contributed by atoms with Crippen molar-refractivity contribution in [3.05, 3.63) is 0 Å². The Morgan fingerprint density at radius 2 is 1.61 bits per heavy atom. The Morgan fingerprint density at radius 3 is 2.17 bits per heavy atom. The molecule has 104 valence electrons. The minimum atomic E-state index is 0.390. The molecule has 0 aromatic carbocycles. The molecule has 0 saturated heterocycles. The SMILES string of the molecule is CC(C)CN(CC(=O)C1CCCC1)C1CCCC1. The molecule has 0 heterocycles. The minimum Gasteiger partial charge on any atom is -0.298 e. The van der Waals surface area contributed by atoms with Crippen LogP contribution in [0.25, 0.3) is 0 Å². The van der Waals surface area contributed by atoms with Crippen LogP contribution >= 0.6 is 0 Å². The molecule has 0 atom stereocenters. The van der Waals surface area contributed by atoms with Crippen LogP contribution in [0.3, 0.4) is 0 Å². The van der Waals surface area contributed by atoms with Gasteiger partial charge in [-0.2, -0.15) is 0 Å². The van der Waals surface area contributed by atoms with Crippen LogP contribution < -0.4 is 0 Å². The van der Waals surface area contributed by atoms with Gasteiger partial charge in [0.15, 0.2) is 0 Å². The summed E-state index contributed by atoms with van der Waals surface area (Å²) in [5.41, 5.74) is 0. The molecule has 0 N–H and O–H groups in total. The molecular formula is C16H29NO. The van der Waals surface area contributed by atoms with E-state index in [0.717, 1.165) is 25.9 Å². The standard InChI is InChI=1S/C16H29NO/c1-13(2)11-17(15-9-5-6-10-15)12-16(18)14-7-3-4-8-14/h13-15H,3-12H2,1-2H3. The van der Waals surface area contributed by atoms with Gasteiger partial charge in [-0.15, -0.1) is 0 Å². The molecule has 0 radical (unpaired) electrons. The van der Waals surface area contributed by atoms with Gasteiger partial charge in [0.2, 0.25) is 0 Å². The molecule has 2 fully saturated rings. The molecule has 0 unspecified atom stereocenters. The lowest BCUT2D eigenvalue weighted by Gasteiger charge is -2.30. The molecule has 2 heteroatoms. The summed E-state index contributed by atoms with van der Waals surface area (Å²) in [7, 11) is 0. The number of Topliss-reactive ketones (excluding diaryl/α,β-unsaturated/α-hetero) is 1. The molecular weight excluding hydrogens is 222 g/mol. The van der Waals surface area contributed by atoms with Crippen molar-refractivity contribution < 1.29 is 4.79 Å². The summed E-state index contributed by atoms with van der Waals surface area (Å²) in [5, 5.41) is 0. The number of hydrogen-bond donors (Lipinski definition) is 0. The molecule has 0 aliphatic heterocycles. The zero-order valence-electron chi connectivity index (χ0n) is 12.2. The lowest BCUT2D eigenvalue weighted by Crippen LogP contribution is -2.41. The van der Waals surface area contributed by atoms with E-state index in [2.05, 4.69) is 18.7 Å². The first kappa shape index (κ1) is 14.0. The fourth-order valence-electron chi connectivity index (χ4n) is 3.66. The van der Waals surface area contributed by atoms with Gasteiger partial charge in [-0.3, -0.25) is 9.69 Å². The van der Waals surface area contributed by atoms with E-state index in [4.69, 9.17) is 0 Å². The number of nitrogens with zero attached hydrogens (tertiary/aromatic N) is 1. The second kappa shape index (κ2) is 6.70. The van der Waals surface area contributed by atoms with Crippen molar-refractivity contribution in [2.75, 3.05) is 13.1 Å². The first-order valence-corrected chi connectivity index (χ1v) is 7.93. The lowest BCUT2D eigenvalue weighted by molar-refractivity contribution is -0.124. The molecule has 2 rings (SSSR count). The van der Waals surface area contributed by atoms with Crippen molar-refractivity contribution in [1.29, 1.82) is 0 Å². The number of carbonyl (C=O) groups excluding carboxylic acids is 1. The summed E-state index contributed by atoms with van der Waals surface area (Å²) < 4.78 is 0. The summed E-state index contributed by atoms with van der Waals surface area (Å²) in [6.45, 7) is 6.36. The van der Waals surface area contributed by atoms with Gasteiger partial charge in [0.1, 0.15) is 5.78 Å². The van der Waals surface area contributed by atoms with Crippen LogP contribution in [0.4, 0.5) is 0 Å². The average Bonchev–Trinajstić information content (AvgIpc) is 3.01. The van der Waals surface area contributed by atoms with Gasteiger partial charge in [0.25, 0.3) is 0 Å². The quantitative estimate of drug-likeness (QED) is 0.718. The molecule has 0 bridgehead atoms. The van der Waals surface area contributed by atoms with Gasteiger partial charge in [-0.1, -0.05) is 39.5 Å². The molecule has 0 amide bonds. The van der Waals surface area contributed by atoms with Crippen LogP contribution in [-0.2, 0) is 4.79 Å². The molecule has 2 saturated carbocycles. The molecule has 2 nitrogen and oxygen atoms in total. The Balaban J connectivity index is 1.88. The number of ketones is 1. The summed E-state index contributed by atoms with van der Waals surface area (Å²) >= 11 is 0. The van der Waals surface area contributed by atoms with E-state index in [0.29, 0.717) is 23.7 Å². The highest BCUT2D eigenvalue weighted by Crippen LogP contribution is 2.28. The third-order valence-electron chi connectivity index (χ3n) is 4.61. The van der Waals surface area contributed by atoms with Crippen LogP contribution in [-0.4, -0.2) is 29.8 Å². The smallest absolute Gasteiger partial charge is 0.149 e. The first-order chi connectivity index (χ1) is 8.66.